The molecular weight excluding hydrogens is 607 g/mol. The Morgan fingerprint density at radius 3 is 1.87 bits per heavy atom. The molecule has 0 aliphatic carbocycles. The second-order valence-electron chi connectivity index (χ2n) is 11.8. The van der Waals surface area contributed by atoms with Gasteiger partial charge < -0.3 is 20.2 Å². The minimum Gasteiger partial charge on any atom is -0.506 e. The second-order valence-corrected chi connectivity index (χ2v) is 12.8. The Morgan fingerprint density at radius 1 is 0.660 bits per heavy atom. The third-order valence-electron chi connectivity index (χ3n) is 8.08. The average Bonchev–Trinajstić information content (AvgIpc) is 3.51. The van der Waals surface area contributed by atoms with E-state index in [1.165, 1.54) is 11.3 Å². The maximum atomic E-state index is 10.9. The molecule has 0 fully saturated rings. The molecule has 5 aromatic rings. The largest absolute Gasteiger partial charge is 0.506 e. The lowest BCUT2D eigenvalue weighted by Gasteiger charge is -2.27. The Labute approximate surface area is 282 Å². The number of rotatable bonds is 18. The number of thiazole rings is 1. The van der Waals surface area contributed by atoms with Gasteiger partial charge in [-0.2, -0.15) is 15.0 Å². The first-order valence-electron chi connectivity index (χ1n) is 17.1. The topological polar surface area (TPSA) is 115 Å². The minimum atomic E-state index is 0.0502. The summed E-state index contributed by atoms with van der Waals surface area (Å²) >= 11 is 1.46. The highest BCUT2D eigenvalue weighted by molar-refractivity contribution is 7.21. The molecule has 0 amide bonds. The molecule has 10 nitrogen and oxygen atoms in total. The highest BCUT2D eigenvalue weighted by Crippen LogP contribution is 2.40. The number of azo groups is 1. The summed E-state index contributed by atoms with van der Waals surface area (Å²) in [6.45, 7) is 12.5. The van der Waals surface area contributed by atoms with Crippen LogP contribution in [0, 0.1) is 0 Å². The van der Waals surface area contributed by atoms with Crippen LogP contribution in [0.15, 0.2) is 64.8 Å². The van der Waals surface area contributed by atoms with Crippen molar-refractivity contribution >= 4 is 66.7 Å². The van der Waals surface area contributed by atoms with Crippen LogP contribution in [0.2, 0.25) is 0 Å². The molecule has 47 heavy (non-hydrogen) atoms. The fourth-order valence-corrected chi connectivity index (χ4v) is 6.16. The van der Waals surface area contributed by atoms with Crippen LogP contribution in [0.1, 0.15) is 79.1 Å². The van der Waals surface area contributed by atoms with Gasteiger partial charge >= 0.3 is 0 Å². The smallest absolute Gasteiger partial charge is 0.233 e. The number of fused-ring (bicyclic) bond motifs is 2. The number of phenolic OH excluding ortho intramolecular Hbond substituents is 1. The van der Waals surface area contributed by atoms with Crippen molar-refractivity contribution in [1.29, 1.82) is 0 Å². The summed E-state index contributed by atoms with van der Waals surface area (Å²) in [6.07, 6.45) is 8.71. The van der Waals surface area contributed by atoms with E-state index in [1.807, 2.05) is 48.5 Å². The van der Waals surface area contributed by atoms with Crippen molar-refractivity contribution in [3.8, 4) is 5.75 Å². The number of unbranched alkanes of at least 4 members (excludes halogenated alkanes) is 4. The number of para-hydroxylation sites is 1. The fraction of sp³-hybridized carbons (Fsp3) is 0.444. The van der Waals surface area contributed by atoms with Crippen molar-refractivity contribution in [2.24, 2.45) is 10.2 Å². The number of benzene rings is 3. The summed E-state index contributed by atoms with van der Waals surface area (Å²) in [7, 11) is 0. The average molecular weight is 654 g/mol. The van der Waals surface area contributed by atoms with E-state index >= 15 is 0 Å². The normalized spacial score (nSPS) is 11.6. The van der Waals surface area contributed by atoms with E-state index in [0.29, 0.717) is 28.7 Å². The van der Waals surface area contributed by atoms with Crippen LogP contribution >= 0.6 is 11.3 Å². The zero-order chi connectivity index (χ0) is 33.0. The van der Waals surface area contributed by atoms with E-state index in [0.717, 1.165) is 104 Å². The zero-order valence-electron chi connectivity index (χ0n) is 28.1. The summed E-state index contributed by atoms with van der Waals surface area (Å²) in [5, 5.41) is 25.4. The first kappa shape index (κ1) is 34.0. The molecule has 3 aromatic carbocycles. The molecule has 0 bridgehead atoms. The zero-order valence-corrected chi connectivity index (χ0v) is 28.9. The number of nitrogens with zero attached hydrogens (tertiary/aromatic N) is 8. The van der Waals surface area contributed by atoms with Gasteiger partial charge in [-0.25, -0.2) is 4.98 Å². The van der Waals surface area contributed by atoms with Crippen molar-refractivity contribution < 1.29 is 5.11 Å². The molecule has 0 atom stereocenters. The van der Waals surface area contributed by atoms with Crippen molar-refractivity contribution in [1.82, 2.24) is 19.9 Å². The lowest BCUT2D eigenvalue weighted by molar-refractivity contribution is 0.477. The molecule has 0 unspecified atom stereocenters. The number of hydrogen-bond donors (Lipinski definition) is 2. The van der Waals surface area contributed by atoms with E-state index in [-0.39, 0.29) is 5.75 Å². The molecule has 2 N–H and O–H groups in total. The van der Waals surface area contributed by atoms with Crippen LogP contribution in [0.25, 0.3) is 21.0 Å². The maximum Gasteiger partial charge on any atom is 0.233 e. The Kier molecular flexibility index (Phi) is 12.3. The van der Waals surface area contributed by atoms with Crippen LogP contribution in [0.4, 0.5) is 34.4 Å². The fourth-order valence-electron chi connectivity index (χ4n) is 5.37. The van der Waals surface area contributed by atoms with Crippen LogP contribution < -0.4 is 15.1 Å². The summed E-state index contributed by atoms with van der Waals surface area (Å²) < 4.78 is 1.04. The van der Waals surface area contributed by atoms with Crippen LogP contribution in [0.5, 0.6) is 5.75 Å². The van der Waals surface area contributed by atoms with E-state index in [4.69, 9.17) is 15.0 Å². The molecule has 0 saturated carbocycles. The quantitative estimate of drug-likeness (QED) is 0.0898. The van der Waals surface area contributed by atoms with Crippen molar-refractivity contribution in [3.63, 3.8) is 0 Å². The maximum absolute atomic E-state index is 10.9. The highest BCUT2D eigenvalue weighted by atomic mass is 32.1. The van der Waals surface area contributed by atoms with Gasteiger partial charge in [-0.15, -0.1) is 10.2 Å². The summed E-state index contributed by atoms with van der Waals surface area (Å²) in [5.41, 5.74) is 2.07. The molecule has 0 aliphatic rings. The van der Waals surface area contributed by atoms with E-state index in [9.17, 15) is 5.11 Å². The molecule has 0 saturated heterocycles. The summed E-state index contributed by atoms with van der Waals surface area (Å²) in [5.74, 6) is 1.97. The molecule has 0 spiro atoms. The minimum absolute atomic E-state index is 0.0502. The number of nitrogens with one attached hydrogen (secondary N) is 1. The van der Waals surface area contributed by atoms with Gasteiger partial charge in [0.15, 0.2) is 0 Å². The Morgan fingerprint density at radius 2 is 1.28 bits per heavy atom. The molecular formula is C36H47N9OS. The molecule has 2 aromatic heterocycles. The predicted octanol–water partition coefficient (Wildman–Crippen LogP) is 10.3. The van der Waals surface area contributed by atoms with Gasteiger partial charge in [0.25, 0.3) is 0 Å². The SMILES string of the molecule is CCCCN(CCCC)c1nc(Nc2cccc3c(N=Nc4nc5ccccc5s4)c(O)ccc23)nc(N(CCCC)CCCC)n1. The van der Waals surface area contributed by atoms with E-state index < -0.39 is 0 Å². The van der Waals surface area contributed by atoms with Gasteiger partial charge in [0.2, 0.25) is 23.0 Å². The lowest BCUT2D eigenvalue weighted by Crippen LogP contribution is -2.31. The van der Waals surface area contributed by atoms with Gasteiger partial charge in [-0.05, 0) is 56.0 Å². The van der Waals surface area contributed by atoms with Crippen molar-refractivity contribution in [2.45, 2.75) is 79.1 Å². The third-order valence-corrected chi connectivity index (χ3v) is 9.00. The lowest BCUT2D eigenvalue weighted by atomic mass is 10.1. The molecule has 0 radical (unpaired) electrons. The number of anilines is 4. The Hall–Kier alpha value is -4.38. The molecule has 2 heterocycles. The molecule has 11 heteroatoms. The van der Waals surface area contributed by atoms with Gasteiger partial charge in [-0.1, -0.05) is 89.0 Å². The molecule has 0 aliphatic heterocycles. The van der Waals surface area contributed by atoms with E-state index in [1.54, 1.807) is 6.07 Å². The standard InChI is InChI=1S/C36H47N9OS/c1-5-9-22-44(23-10-6-2)34-39-33(40-35(41-34)45(24-11-7-3)25-12-8-4)37-28-18-15-16-27-26(28)20-21-30(46)32(27)42-43-36-38-29-17-13-14-19-31(29)47-36/h13-21,46H,5-12,22-25H2,1-4H3,(H,37,39,40,41). The van der Waals surface area contributed by atoms with Crippen LogP contribution in [-0.2, 0) is 0 Å². The first-order valence-corrected chi connectivity index (χ1v) is 17.9. The number of aromatic nitrogens is 4. The second kappa shape index (κ2) is 17.0. The molecule has 5 rings (SSSR count). The highest BCUT2D eigenvalue weighted by Gasteiger charge is 2.19. The Bertz CT molecular complexity index is 1690. The molecule has 248 valence electrons. The number of phenols is 1. The Balaban J connectivity index is 1.53. The first-order chi connectivity index (χ1) is 23.0. The monoisotopic (exact) mass is 653 g/mol. The third kappa shape index (κ3) is 8.71. The van der Waals surface area contributed by atoms with Gasteiger partial charge in [-0.3, -0.25) is 0 Å². The van der Waals surface area contributed by atoms with Gasteiger partial charge in [0.05, 0.1) is 10.2 Å². The summed E-state index contributed by atoms with van der Waals surface area (Å²) in [4.78, 5) is 24.2. The van der Waals surface area contributed by atoms with E-state index in [2.05, 4.69) is 58.0 Å². The van der Waals surface area contributed by atoms with Crippen LogP contribution in [-0.4, -0.2) is 51.2 Å². The predicted molar refractivity (Wildman–Crippen MR) is 197 cm³/mol. The van der Waals surface area contributed by atoms with Gasteiger partial charge in [0.1, 0.15) is 11.4 Å². The van der Waals surface area contributed by atoms with Crippen LogP contribution in [0.3, 0.4) is 0 Å². The number of aromatic hydroxyl groups is 1. The summed E-state index contributed by atoms with van der Waals surface area (Å²) in [6, 6.07) is 17.3. The van der Waals surface area contributed by atoms with Crippen molar-refractivity contribution in [2.75, 3.05) is 41.3 Å². The van der Waals surface area contributed by atoms with Crippen molar-refractivity contribution in [3.05, 3.63) is 54.6 Å². The van der Waals surface area contributed by atoms with Gasteiger partial charge in [0, 0.05) is 42.6 Å². The number of hydrogen-bond acceptors (Lipinski definition) is 11.